The van der Waals surface area contributed by atoms with Crippen molar-refractivity contribution in [2.24, 2.45) is 5.10 Å². The zero-order valence-electron chi connectivity index (χ0n) is 9.37. The van der Waals surface area contributed by atoms with Crippen molar-refractivity contribution in [2.45, 2.75) is 0 Å². The maximum atomic E-state index is 5.25. The molecular weight excluding hydrogens is 236 g/mol. The molecule has 0 spiro atoms. The molecule has 1 aliphatic rings. The summed E-state index contributed by atoms with van der Waals surface area (Å²) in [4.78, 5) is 5.98. The van der Waals surface area contributed by atoms with Gasteiger partial charge in [-0.1, -0.05) is 0 Å². The Hall–Kier alpha value is -1.53. The third-order valence-electron chi connectivity index (χ3n) is 2.38. The SMILES string of the molecule is S=C(N/N=C\c1ccncc1)N1CCOCC1. The second-order valence-electron chi connectivity index (χ2n) is 3.56. The molecule has 1 N–H and O–H groups in total. The summed E-state index contributed by atoms with van der Waals surface area (Å²) in [5.41, 5.74) is 3.84. The van der Waals surface area contributed by atoms with E-state index in [0.29, 0.717) is 5.11 Å². The molecule has 2 rings (SSSR count). The fraction of sp³-hybridized carbons (Fsp3) is 0.364. The molecule has 17 heavy (non-hydrogen) atoms. The second-order valence-corrected chi connectivity index (χ2v) is 3.94. The summed E-state index contributed by atoms with van der Waals surface area (Å²) < 4.78 is 5.25. The molecule has 0 amide bonds. The smallest absolute Gasteiger partial charge is 0.189 e. The van der Waals surface area contributed by atoms with Gasteiger partial charge in [-0.3, -0.25) is 10.4 Å². The minimum atomic E-state index is 0.638. The maximum Gasteiger partial charge on any atom is 0.189 e. The van der Waals surface area contributed by atoms with Gasteiger partial charge in [0.2, 0.25) is 0 Å². The highest BCUT2D eigenvalue weighted by atomic mass is 32.1. The molecule has 2 heterocycles. The number of morpholine rings is 1. The van der Waals surface area contributed by atoms with Gasteiger partial charge in [-0.05, 0) is 29.9 Å². The number of nitrogens with one attached hydrogen (secondary N) is 1. The van der Waals surface area contributed by atoms with Crippen LogP contribution in [0.4, 0.5) is 0 Å². The summed E-state index contributed by atoms with van der Waals surface area (Å²) in [6.07, 6.45) is 5.16. The minimum Gasteiger partial charge on any atom is -0.378 e. The molecule has 5 nitrogen and oxygen atoms in total. The van der Waals surface area contributed by atoms with Gasteiger partial charge >= 0.3 is 0 Å². The average molecular weight is 250 g/mol. The molecule has 90 valence electrons. The van der Waals surface area contributed by atoms with E-state index in [0.717, 1.165) is 31.9 Å². The van der Waals surface area contributed by atoms with Crippen molar-refractivity contribution < 1.29 is 4.74 Å². The number of thiocarbonyl (C=S) groups is 1. The number of pyridine rings is 1. The summed E-state index contributed by atoms with van der Waals surface area (Å²) in [6.45, 7) is 3.07. The number of hydrazone groups is 1. The first-order valence-electron chi connectivity index (χ1n) is 5.42. The molecule has 1 aromatic heterocycles. The summed E-state index contributed by atoms with van der Waals surface area (Å²) >= 11 is 5.22. The van der Waals surface area contributed by atoms with Gasteiger partial charge in [0, 0.05) is 25.5 Å². The first kappa shape index (κ1) is 11.9. The van der Waals surface area contributed by atoms with Crippen LogP contribution in [0, 0.1) is 0 Å². The van der Waals surface area contributed by atoms with Gasteiger partial charge in [0.25, 0.3) is 0 Å². The van der Waals surface area contributed by atoms with Gasteiger partial charge in [-0.15, -0.1) is 0 Å². The standard InChI is InChI=1S/C11H14N4OS/c17-11(15-5-7-16-8-6-15)14-13-9-10-1-3-12-4-2-10/h1-4,9H,5-8H2,(H,14,17)/b13-9-. The Morgan fingerprint density at radius 2 is 2.12 bits per heavy atom. The highest BCUT2D eigenvalue weighted by Gasteiger charge is 2.12. The van der Waals surface area contributed by atoms with Crippen LogP contribution in [0.2, 0.25) is 0 Å². The van der Waals surface area contributed by atoms with Gasteiger partial charge in [0.15, 0.2) is 5.11 Å². The van der Waals surface area contributed by atoms with Crippen molar-refractivity contribution in [2.75, 3.05) is 26.3 Å². The highest BCUT2D eigenvalue weighted by Crippen LogP contribution is 1.97. The molecule has 0 unspecified atom stereocenters. The molecule has 0 saturated carbocycles. The molecule has 0 aliphatic carbocycles. The van der Waals surface area contributed by atoms with E-state index < -0.39 is 0 Å². The lowest BCUT2D eigenvalue weighted by atomic mass is 10.3. The Morgan fingerprint density at radius 3 is 2.82 bits per heavy atom. The largest absolute Gasteiger partial charge is 0.378 e. The quantitative estimate of drug-likeness (QED) is 0.474. The molecule has 1 aromatic rings. The maximum absolute atomic E-state index is 5.25. The second kappa shape index (κ2) is 6.27. The van der Waals surface area contributed by atoms with Crippen LogP contribution in [0.25, 0.3) is 0 Å². The summed E-state index contributed by atoms with van der Waals surface area (Å²) in [7, 11) is 0. The van der Waals surface area contributed by atoms with Gasteiger partial charge < -0.3 is 9.64 Å². The van der Waals surface area contributed by atoms with Crippen molar-refractivity contribution in [3.05, 3.63) is 30.1 Å². The monoisotopic (exact) mass is 250 g/mol. The van der Waals surface area contributed by atoms with Crippen LogP contribution in [0.5, 0.6) is 0 Å². The molecule has 1 fully saturated rings. The molecule has 0 bridgehead atoms. The van der Waals surface area contributed by atoms with Crippen molar-refractivity contribution in [3.8, 4) is 0 Å². The summed E-state index contributed by atoms with van der Waals surface area (Å²) in [5.74, 6) is 0. The Kier molecular flexibility index (Phi) is 4.40. The number of rotatable bonds is 2. The lowest BCUT2D eigenvalue weighted by molar-refractivity contribution is 0.0677. The molecule has 6 heteroatoms. The van der Waals surface area contributed by atoms with E-state index in [1.54, 1.807) is 18.6 Å². The number of nitrogens with zero attached hydrogens (tertiary/aromatic N) is 3. The first-order chi connectivity index (χ1) is 8.36. The van der Waals surface area contributed by atoms with Crippen LogP contribution in [0.1, 0.15) is 5.56 Å². The predicted molar refractivity (Wildman–Crippen MR) is 70.0 cm³/mol. The van der Waals surface area contributed by atoms with Crippen LogP contribution in [0.15, 0.2) is 29.6 Å². The number of hydrogen-bond acceptors (Lipinski definition) is 4. The molecule has 1 saturated heterocycles. The third kappa shape index (κ3) is 3.76. The van der Waals surface area contributed by atoms with E-state index in [4.69, 9.17) is 17.0 Å². The van der Waals surface area contributed by atoms with Crippen LogP contribution in [-0.2, 0) is 4.74 Å². The van der Waals surface area contributed by atoms with Crippen LogP contribution < -0.4 is 5.43 Å². The molecule has 0 aromatic carbocycles. The zero-order chi connectivity index (χ0) is 11.9. The van der Waals surface area contributed by atoms with E-state index in [2.05, 4.69) is 15.5 Å². The predicted octanol–water partition coefficient (Wildman–Crippen LogP) is 0.622. The Morgan fingerprint density at radius 1 is 1.41 bits per heavy atom. The molecule has 0 radical (unpaired) electrons. The van der Waals surface area contributed by atoms with E-state index >= 15 is 0 Å². The summed E-state index contributed by atoms with van der Waals surface area (Å²) in [5, 5.41) is 4.73. The van der Waals surface area contributed by atoms with Crippen molar-refractivity contribution in [1.82, 2.24) is 15.3 Å². The van der Waals surface area contributed by atoms with Gasteiger partial charge in [-0.25, -0.2) is 0 Å². The minimum absolute atomic E-state index is 0.638. The highest BCUT2D eigenvalue weighted by molar-refractivity contribution is 7.80. The molecular formula is C11H14N4OS. The number of hydrogen-bond donors (Lipinski definition) is 1. The normalized spacial score (nSPS) is 16.1. The number of ether oxygens (including phenoxy) is 1. The third-order valence-corrected chi connectivity index (χ3v) is 2.73. The zero-order valence-corrected chi connectivity index (χ0v) is 10.2. The fourth-order valence-electron chi connectivity index (χ4n) is 1.45. The Bertz CT molecular complexity index is 390. The fourth-order valence-corrected chi connectivity index (χ4v) is 1.68. The molecule has 0 atom stereocenters. The van der Waals surface area contributed by atoms with E-state index in [-0.39, 0.29) is 0 Å². The Labute approximate surface area is 105 Å². The average Bonchev–Trinajstić information content (AvgIpc) is 2.41. The lowest BCUT2D eigenvalue weighted by Crippen LogP contribution is -2.44. The van der Waals surface area contributed by atoms with Gasteiger partial charge in [0.1, 0.15) is 0 Å². The van der Waals surface area contributed by atoms with E-state index in [1.165, 1.54) is 0 Å². The van der Waals surface area contributed by atoms with Gasteiger partial charge in [0.05, 0.1) is 19.4 Å². The van der Waals surface area contributed by atoms with Gasteiger partial charge in [-0.2, -0.15) is 5.10 Å². The van der Waals surface area contributed by atoms with Crippen molar-refractivity contribution >= 4 is 23.5 Å². The van der Waals surface area contributed by atoms with E-state index in [9.17, 15) is 0 Å². The molecule has 1 aliphatic heterocycles. The topological polar surface area (TPSA) is 49.8 Å². The van der Waals surface area contributed by atoms with Crippen molar-refractivity contribution in [1.29, 1.82) is 0 Å². The van der Waals surface area contributed by atoms with Crippen LogP contribution in [-0.4, -0.2) is 47.5 Å². The van der Waals surface area contributed by atoms with Crippen molar-refractivity contribution in [3.63, 3.8) is 0 Å². The first-order valence-corrected chi connectivity index (χ1v) is 5.83. The van der Waals surface area contributed by atoms with Crippen LogP contribution in [0.3, 0.4) is 0 Å². The summed E-state index contributed by atoms with van der Waals surface area (Å²) in [6, 6.07) is 3.76. The Balaban J connectivity index is 1.81. The van der Waals surface area contributed by atoms with Crippen LogP contribution >= 0.6 is 12.2 Å². The van der Waals surface area contributed by atoms with E-state index in [1.807, 2.05) is 17.0 Å². The lowest BCUT2D eigenvalue weighted by Gasteiger charge is -2.28. The number of aromatic nitrogens is 1.